The summed E-state index contributed by atoms with van der Waals surface area (Å²) in [5, 5.41) is 3.90. The van der Waals surface area contributed by atoms with Crippen molar-refractivity contribution in [3.05, 3.63) is 217 Å². The van der Waals surface area contributed by atoms with Crippen molar-refractivity contribution >= 4 is 71.6 Å². The van der Waals surface area contributed by atoms with E-state index < -0.39 is 6.04 Å². The van der Waals surface area contributed by atoms with Gasteiger partial charge in [-0.15, -0.1) is 0 Å². The van der Waals surface area contributed by atoms with E-state index in [2.05, 4.69) is 141 Å². The Labute approximate surface area is 326 Å². The summed E-state index contributed by atoms with van der Waals surface area (Å²) in [5.74, 6) is 0. The third-order valence-corrected chi connectivity index (χ3v) is 10.0. The molecular weight excluding hydrogens is 708 g/mol. The predicted molar refractivity (Wildman–Crippen MR) is 229 cm³/mol. The average molecular weight is 749 g/mol. The second-order valence-electron chi connectivity index (χ2n) is 12.7. The summed E-state index contributed by atoms with van der Waals surface area (Å²) in [6.45, 7) is 0. The highest BCUT2D eigenvalue weighted by Gasteiger charge is 2.22. The Balaban J connectivity index is 1.27. The molecule has 0 radical (unpaired) electrons. The van der Waals surface area contributed by atoms with Crippen LogP contribution in [-0.4, -0.2) is 0 Å². The lowest BCUT2D eigenvalue weighted by Crippen LogP contribution is -2.14. The highest BCUT2D eigenvalue weighted by Crippen LogP contribution is 2.47. The second-order valence-corrected chi connectivity index (χ2v) is 13.6. The van der Waals surface area contributed by atoms with E-state index in [9.17, 15) is 0 Å². The van der Waals surface area contributed by atoms with Crippen molar-refractivity contribution in [2.24, 2.45) is 0 Å². The normalized spacial score (nSPS) is 12.4. The molecule has 9 aromatic rings. The first kappa shape index (κ1) is 27.3. The first-order chi connectivity index (χ1) is 28.3. The third-order valence-electron chi connectivity index (χ3n) is 9.55. The molecule has 53 heavy (non-hydrogen) atoms. The van der Waals surface area contributed by atoms with Gasteiger partial charge in [-0.3, -0.25) is 0 Å². The Morgan fingerprint density at radius 3 is 1.26 bits per heavy atom. The monoisotopic (exact) mass is 747 g/mol. The molecule has 0 spiro atoms. The van der Waals surface area contributed by atoms with Crippen LogP contribution in [0.4, 0.5) is 34.1 Å². The van der Waals surface area contributed by atoms with Crippen LogP contribution < -0.4 is 9.80 Å². The van der Waals surface area contributed by atoms with Crippen LogP contribution in [0.15, 0.2) is 217 Å². The summed E-state index contributed by atoms with van der Waals surface area (Å²) in [6.07, 6.45) is 0. The fourth-order valence-electron chi connectivity index (χ4n) is 7.25. The lowest BCUT2D eigenvalue weighted by atomic mass is 9.96. The molecule has 0 unspecified atom stereocenters. The molecule has 252 valence electrons. The fraction of sp³-hybridized carbons (Fsp3) is 0. The average Bonchev–Trinajstić information content (AvgIpc) is 3.27. The van der Waals surface area contributed by atoms with Crippen LogP contribution in [0.3, 0.4) is 0 Å². The summed E-state index contributed by atoms with van der Waals surface area (Å²) in [4.78, 5) is 4.51. The van der Waals surface area contributed by atoms with Crippen molar-refractivity contribution in [2.75, 3.05) is 9.80 Å². The molecule has 0 saturated carbocycles. The number of benzene rings is 9. The van der Waals surface area contributed by atoms with E-state index in [4.69, 9.17) is 6.85 Å². The largest absolute Gasteiger partial charge is 0.310 e. The van der Waals surface area contributed by atoms with E-state index in [1.54, 1.807) is 0 Å². The number of halogens is 1. The third kappa shape index (κ3) is 6.26. The number of nitrogens with zero attached hydrogens (tertiary/aromatic N) is 2. The maximum atomic E-state index is 8.80. The van der Waals surface area contributed by atoms with Crippen molar-refractivity contribution < 1.29 is 6.85 Å². The van der Waals surface area contributed by atoms with Crippen LogP contribution >= 0.6 is 15.9 Å². The lowest BCUT2D eigenvalue weighted by Gasteiger charge is -2.31. The summed E-state index contributed by atoms with van der Waals surface area (Å²) in [5.41, 5.74) is 8.73. The Morgan fingerprint density at radius 1 is 0.358 bits per heavy atom. The molecule has 0 aromatic heterocycles. The summed E-state index contributed by atoms with van der Waals surface area (Å²) in [6, 6.07) is 60.6. The van der Waals surface area contributed by atoms with Crippen LogP contribution in [0.2, 0.25) is 0 Å². The minimum atomic E-state index is -0.412. The van der Waals surface area contributed by atoms with Crippen LogP contribution in [0.5, 0.6) is 0 Å². The maximum Gasteiger partial charge on any atom is 0.0629 e. The highest BCUT2D eigenvalue weighted by molar-refractivity contribution is 9.10. The van der Waals surface area contributed by atoms with Crippen molar-refractivity contribution in [2.45, 2.75) is 0 Å². The maximum absolute atomic E-state index is 8.80. The minimum absolute atomic E-state index is 0.175. The van der Waals surface area contributed by atoms with Crippen molar-refractivity contribution in [1.29, 1.82) is 0 Å². The van der Waals surface area contributed by atoms with Crippen LogP contribution in [-0.2, 0) is 0 Å². The number of fused-ring (bicyclic) bond motifs is 2. The van der Waals surface area contributed by atoms with E-state index in [0.717, 1.165) is 71.3 Å². The molecule has 0 saturated heterocycles. The van der Waals surface area contributed by atoms with Gasteiger partial charge in [0.25, 0.3) is 0 Å². The molecule has 9 aromatic carbocycles. The zero-order valence-electron chi connectivity index (χ0n) is 33.6. The molecule has 2 nitrogen and oxygen atoms in total. The van der Waals surface area contributed by atoms with Gasteiger partial charge in [0, 0.05) is 38.0 Å². The smallest absolute Gasteiger partial charge is 0.0629 e. The Hall–Kier alpha value is -6.42. The molecule has 0 aliphatic carbocycles. The molecular formula is C50H35BrN2. The number of rotatable bonds is 8. The molecule has 0 atom stereocenters. The first-order valence-electron chi connectivity index (χ1n) is 20.0. The topological polar surface area (TPSA) is 6.48 Å². The van der Waals surface area contributed by atoms with E-state index in [0.29, 0.717) is 5.56 Å². The number of para-hydroxylation sites is 2. The zero-order valence-corrected chi connectivity index (χ0v) is 30.2. The summed E-state index contributed by atoms with van der Waals surface area (Å²) < 4.78 is 43.5. The van der Waals surface area contributed by atoms with Gasteiger partial charge in [0.05, 0.1) is 18.2 Å². The van der Waals surface area contributed by atoms with Gasteiger partial charge in [0.2, 0.25) is 0 Å². The van der Waals surface area contributed by atoms with Crippen LogP contribution in [0, 0.1) is 0 Å². The van der Waals surface area contributed by atoms with E-state index in [-0.39, 0.29) is 29.7 Å². The predicted octanol–water partition coefficient (Wildman–Crippen LogP) is 15.0. The zero-order chi connectivity index (χ0) is 39.9. The summed E-state index contributed by atoms with van der Waals surface area (Å²) >= 11 is 3.91. The quantitative estimate of drug-likeness (QED) is 0.153. The van der Waals surface area contributed by atoms with Crippen molar-refractivity contribution in [3.63, 3.8) is 0 Å². The van der Waals surface area contributed by atoms with Gasteiger partial charge < -0.3 is 9.80 Å². The molecule has 0 aliphatic heterocycles. The van der Waals surface area contributed by atoms with Gasteiger partial charge in [-0.25, -0.2) is 0 Å². The molecule has 0 amide bonds. The number of hydrogen-bond acceptors (Lipinski definition) is 2. The van der Waals surface area contributed by atoms with Gasteiger partial charge in [0.1, 0.15) is 0 Å². The molecule has 3 heteroatoms. The molecule has 0 fully saturated rings. The van der Waals surface area contributed by atoms with Crippen molar-refractivity contribution in [1.82, 2.24) is 0 Å². The van der Waals surface area contributed by atoms with Gasteiger partial charge >= 0.3 is 0 Å². The molecule has 0 N–H and O–H groups in total. The summed E-state index contributed by atoms with van der Waals surface area (Å²) in [7, 11) is 0. The number of hydrogen-bond donors (Lipinski definition) is 0. The number of anilines is 6. The fourth-order valence-corrected chi connectivity index (χ4v) is 7.72. The lowest BCUT2D eigenvalue weighted by molar-refractivity contribution is 1.26. The Bertz CT molecular complexity index is 2950. The Kier molecular flexibility index (Phi) is 7.36. The van der Waals surface area contributed by atoms with E-state index >= 15 is 0 Å². The first-order valence-corrected chi connectivity index (χ1v) is 18.3. The Morgan fingerprint density at radius 2 is 0.774 bits per heavy atom. The molecule has 0 bridgehead atoms. The second kappa shape index (κ2) is 14.3. The van der Waals surface area contributed by atoms with Crippen LogP contribution in [0.1, 0.15) is 6.85 Å². The van der Waals surface area contributed by atoms with Gasteiger partial charge in [0.15, 0.2) is 0 Å². The SMILES string of the molecule is [2H]c1c([2H])c([2H])c(-c2ccc(N(c3ccccc3)c3cc(Br)cc(N(c4ccccc4)c4ccc(-c5ccccc5)c5ccccc45)c3)c3ccccc23)c([2H])c1[2H]. The molecule has 0 heterocycles. The highest BCUT2D eigenvalue weighted by atomic mass is 79.9. The van der Waals surface area contributed by atoms with Gasteiger partial charge in [-0.2, -0.15) is 0 Å². The standard InChI is InChI=1S/C50H35BrN2/c51-38-33-41(52(39-21-9-3-10-22-39)49-31-29-43(36-17-5-1-6-18-36)45-25-13-15-27-47(45)49)35-42(34-38)53(40-23-11-4-12-24-40)50-32-30-44(37-19-7-2-8-20-37)46-26-14-16-28-48(46)50/h1-35H/i1D,5D,6D,17D,18D. The molecule has 9 rings (SSSR count). The van der Waals surface area contributed by atoms with Gasteiger partial charge in [-0.1, -0.05) is 174 Å². The van der Waals surface area contributed by atoms with Gasteiger partial charge in [-0.05, 0) is 87.6 Å². The van der Waals surface area contributed by atoms with E-state index in [1.807, 2.05) is 66.7 Å². The van der Waals surface area contributed by atoms with E-state index in [1.165, 1.54) is 0 Å². The van der Waals surface area contributed by atoms with Crippen molar-refractivity contribution in [3.8, 4) is 22.3 Å². The van der Waals surface area contributed by atoms with Crippen LogP contribution in [0.25, 0.3) is 43.8 Å². The molecule has 0 aliphatic rings. The minimum Gasteiger partial charge on any atom is -0.310 e.